The zero-order chi connectivity index (χ0) is 25.3. The first-order chi connectivity index (χ1) is 16.0. The molecule has 0 radical (unpaired) electrons. The molecule has 15 atom stereocenters. The maximum absolute atomic E-state index is 10.7. The highest BCUT2D eigenvalue weighted by molar-refractivity contribution is 4.95. The maximum Gasteiger partial charge on any atom is 0.187 e. The summed E-state index contributed by atoms with van der Waals surface area (Å²) >= 11 is 0. The van der Waals surface area contributed by atoms with Crippen molar-refractivity contribution in [3.05, 3.63) is 0 Å². The van der Waals surface area contributed by atoms with Crippen molar-refractivity contribution in [1.82, 2.24) is 0 Å². The quantitative estimate of drug-likeness (QED) is 0.155. The fourth-order valence-electron chi connectivity index (χ4n) is 4.15. The fraction of sp³-hybridized carbons (Fsp3) is 1.00. The molecule has 0 aromatic rings. The lowest BCUT2D eigenvalue weighted by Crippen LogP contribution is -2.64. The molecule has 3 fully saturated rings. The van der Waals surface area contributed by atoms with Gasteiger partial charge in [0.25, 0.3) is 0 Å². The van der Waals surface area contributed by atoms with Gasteiger partial charge in [-0.25, -0.2) is 0 Å². The molecule has 34 heavy (non-hydrogen) atoms. The van der Waals surface area contributed by atoms with E-state index in [2.05, 4.69) is 0 Å². The maximum atomic E-state index is 10.7. The molecule has 0 bridgehead atoms. The molecular weight excluding hydrogens is 468 g/mol. The zero-order valence-corrected chi connectivity index (χ0v) is 18.3. The molecule has 15 nitrogen and oxygen atoms in total. The molecule has 0 saturated carbocycles. The van der Waals surface area contributed by atoms with E-state index in [9.17, 15) is 51.1 Å². The monoisotopic (exact) mass is 502 g/mol. The lowest BCUT2D eigenvalue weighted by molar-refractivity contribution is -0.346. The van der Waals surface area contributed by atoms with Crippen LogP contribution in [0.5, 0.6) is 0 Å². The van der Waals surface area contributed by atoms with Crippen LogP contribution in [-0.2, 0) is 23.7 Å². The lowest BCUT2D eigenvalue weighted by Gasteiger charge is -2.46. The predicted octanol–water partition coefficient (Wildman–Crippen LogP) is -6.50. The predicted molar refractivity (Wildman–Crippen MR) is 105 cm³/mol. The van der Waals surface area contributed by atoms with Crippen LogP contribution in [0.3, 0.4) is 0 Å². The second-order valence-corrected chi connectivity index (χ2v) is 8.69. The van der Waals surface area contributed by atoms with E-state index in [0.29, 0.717) is 0 Å². The van der Waals surface area contributed by atoms with E-state index in [0.717, 1.165) is 0 Å². The van der Waals surface area contributed by atoms with Gasteiger partial charge in [0.2, 0.25) is 0 Å². The molecule has 0 amide bonds. The fourth-order valence-corrected chi connectivity index (χ4v) is 4.15. The molecule has 0 aromatic carbocycles. The Morgan fingerprint density at radius 3 is 1.59 bits per heavy atom. The highest BCUT2D eigenvalue weighted by Crippen LogP contribution is 2.30. The van der Waals surface area contributed by atoms with E-state index < -0.39 is 112 Å². The Hall–Kier alpha value is -0.600. The van der Waals surface area contributed by atoms with Crippen LogP contribution < -0.4 is 0 Å². The first-order valence-electron chi connectivity index (χ1n) is 10.9. The summed E-state index contributed by atoms with van der Waals surface area (Å²) in [4.78, 5) is 0. The van der Waals surface area contributed by atoms with Crippen LogP contribution in [0, 0.1) is 0 Å². The normalized spacial score (nSPS) is 52.5. The van der Waals surface area contributed by atoms with Crippen LogP contribution in [0.4, 0.5) is 0 Å². The molecule has 0 spiro atoms. The van der Waals surface area contributed by atoms with Gasteiger partial charge < -0.3 is 74.7 Å². The van der Waals surface area contributed by atoms with Crippen molar-refractivity contribution in [2.24, 2.45) is 0 Å². The van der Waals surface area contributed by atoms with Crippen LogP contribution in [0.1, 0.15) is 6.92 Å². The third-order valence-electron chi connectivity index (χ3n) is 6.34. The van der Waals surface area contributed by atoms with Crippen LogP contribution in [0.15, 0.2) is 0 Å². The third-order valence-corrected chi connectivity index (χ3v) is 6.34. The number of aliphatic hydroxyl groups excluding tert-OH is 10. The van der Waals surface area contributed by atoms with Gasteiger partial charge in [-0.3, -0.25) is 0 Å². The Balaban J connectivity index is 1.65. The van der Waals surface area contributed by atoms with Crippen molar-refractivity contribution < 1.29 is 74.7 Å². The minimum absolute atomic E-state index is 0.449. The van der Waals surface area contributed by atoms with Gasteiger partial charge >= 0.3 is 0 Å². The van der Waals surface area contributed by atoms with E-state index in [-0.39, 0.29) is 0 Å². The Kier molecular flexibility index (Phi) is 9.57. The SMILES string of the molecule is C[C@@H]1OC(CO[C@@H]2OC(CO)[C@H](O)[C@H](O)C2O)[C@H](O)[C@H](O[C@H]2O[C@H](CO)[C@@H](O)C(O)C2O)C1O. The van der Waals surface area contributed by atoms with Crippen molar-refractivity contribution in [1.29, 1.82) is 0 Å². The summed E-state index contributed by atoms with van der Waals surface area (Å²) in [5.74, 6) is 0. The first-order valence-corrected chi connectivity index (χ1v) is 10.9. The summed E-state index contributed by atoms with van der Waals surface area (Å²) in [5, 5.41) is 99.6. The van der Waals surface area contributed by atoms with Crippen LogP contribution in [-0.4, -0.2) is 163 Å². The van der Waals surface area contributed by atoms with Gasteiger partial charge in [-0.1, -0.05) is 0 Å². The largest absolute Gasteiger partial charge is 0.394 e. The molecule has 3 aliphatic heterocycles. The second kappa shape index (κ2) is 11.6. The first kappa shape index (κ1) is 28.0. The van der Waals surface area contributed by atoms with Gasteiger partial charge in [0.05, 0.1) is 25.9 Å². The van der Waals surface area contributed by atoms with E-state index in [1.807, 2.05) is 0 Å². The molecule has 6 unspecified atom stereocenters. The number of hydrogen-bond donors (Lipinski definition) is 10. The Morgan fingerprint density at radius 2 is 1.06 bits per heavy atom. The molecule has 3 aliphatic rings. The van der Waals surface area contributed by atoms with Crippen molar-refractivity contribution in [3.63, 3.8) is 0 Å². The van der Waals surface area contributed by atoms with Gasteiger partial charge in [-0.2, -0.15) is 0 Å². The summed E-state index contributed by atoms with van der Waals surface area (Å²) < 4.78 is 26.9. The highest BCUT2D eigenvalue weighted by atomic mass is 16.7. The van der Waals surface area contributed by atoms with Gasteiger partial charge in [0, 0.05) is 0 Å². The summed E-state index contributed by atoms with van der Waals surface area (Å²) in [5.41, 5.74) is 0. The van der Waals surface area contributed by atoms with Crippen molar-refractivity contribution in [2.45, 2.75) is 98.9 Å². The molecule has 10 N–H and O–H groups in total. The highest BCUT2D eigenvalue weighted by Gasteiger charge is 2.50. The summed E-state index contributed by atoms with van der Waals surface area (Å²) in [7, 11) is 0. The number of rotatable bonds is 7. The molecule has 0 aromatic heterocycles. The molecule has 3 rings (SSSR count). The third kappa shape index (κ3) is 5.54. The number of aliphatic hydroxyl groups is 10. The van der Waals surface area contributed by atoms with Gasteiger partial charge in [-0.15, -0.1) is 0 Å². The van der Waals surface area contributed by atoms with Crippen LogP contribution >= 0.6 is 0 Å². The van der Waals surface area contributed by atoms with Crippen molar-refractivity contribution in [2.75, 3.05) is 19.8 Å². The summed E-state index contributed by atoms with van der Waals surface area (Å²) in [6, 6.07) is 0. The molecule has 0 aliphatic carbocycles. The Labute approximate surface area is 194 Å². The summed E-state index contributed by atoms with van der Waals surface area (Å²) in [6.45, 7) is -0.349. The molecule has 3 saturated heterocycles. The van der Waals surface area contributed by atoms with E-state index in [1.165, 1.54) is 6.92 Å². The smallest absolute Gasteiger partial charge is 0.187 e. The molecule has 3 heterocycles. The minimum Gasteiger partial charge on any atom is -0.394 e. The van der Waals surface area contributed by atoms with E-state index in [4.69, 9.17) is 23.7 Å². The van der Waals surface area contributed by atoms with Gasteiger partial charge in [0.1, 0.15) is 73.2 Å². The zero-order valence-electron chi connectivity index (χ0n) is 18.3. The van der Waals surface area contributed by atoms with Crippen molar-refractivity contribution in [3.8, 4) is 0 Å². The molecular formula is C19H34O15. The Morgan fingerprint density at radius 1 is 0.559 bits per heavy atom. The number of hydrogen-bond acceptors (Lipinski definition) is 15. The average Bonchev–Trinajstić information content (AvgIpc) is 2.82. The van der Waals surface area contributed by atoms with E-state index in [1.54, 1.807) is 0 Å². The topological polar surface area (TPSA) is 248 Å². The standard InChI is InChI=1S/C19H34O15/c1-5-9(22)17(34-19-16(29)14(27)11(24)7(3-21)33-19)12(25)8(31-5)4-30-18-15(28)13(26)10(23)6(2-20)32-18/h5-29H,2-4H2,1H3/t5-,6?,7+,8?,9?,10-,11+,12-,13-,14?,15?,16?,17+,18+,19+/m0/s1. The minimum atomic E-state index is -1.76. The second-order valence-electron chi connectivity index (χ2n) is 8.69. The van der Waals surface area contributed by atoms with Crippen molar-refractivity contribution >= 4 is 0 Å². The number of ether oxygens (including phenoxy) is 5. The molecule has 200 valence electrons. The van der Waals surface area contributed by atoms with E-state index >= 15 is 0 Å². The summed E-state index contributed by atoms with van der Waals surface area (Å²) in [6.07, 6.45) is -22.2. The van der Waals surface area contributed by atoms with Gasteiger partial charge in [0.15, 0.2) is 12.6 Å². The lowest BCUT2D eigenvalue weighted by atomic mass is 9.94. The van der Waals surface area contributed by atoms with Crippen LogP contribution in [0.25, 0.3) is 0 Å². The van der Waals surface area contributed by atoms with Crippen LogP contribution in [0.2, 0.25) is 0 Å². The Bertz CT molecular complexity index is 637. The van der Waals surface area contributed by atoms with Gasteiger partial charge in [-0.05, 0) is 6.92 Å². The average molecular weight is 502 g/mol. The molecule has 15 heteroatoms.